The minimum absolute atomic E-state index is 0.202. The number of hydrogen-bond acceptors (Lipinski definition) is 2. The molecule has 1 N–H and O–H groups in total. The van der Waals surface area contributed by atoms with E-state index >= 15 is 0 Å². The van der Waals surface area contributed by atoms with E-state index in [2.05, 4.69) is 41.2 Å². The highest BCUT2D eigenvalue weighted by Crippen LogP contribution is 2.42. The third kappa shape index (κ3) is 2.74. The van der Waals surface area contributed by atoms with Crippen molar-refractivity contribution in [3.05, 3.63) is 33.3 Å². The van der Waals surface area contributed by atoms with Crippen molar-refractivity contribution in [3.63, 3.8) is 0 Å². The number of methoxy groups -OCH3 is 1. The van der Waals surface area contributed by atoms with Crippen molar-refractivity contribution in [1.82, 2.24) is 5.32 Å². The number of benzene rings is 1. The molecule has 100 valence electrons. The molecule has 4 heteroatoms. The maximum Gasteiger partial charge on any atom is 0.0652 e. The van der Waals surface area contributed by atoms with Crippen LogP contribution in [0.15, 0.2) is 22.7 Å². The van der Waals surface area contributed by atoms with E-state index in [9.17, 15) is 0 Å². The third-order valence-corrected chi connectivity index (χ3v) is 4.99. The van der Waals surface area contributed by atoms with E-state index in [0.29, 0.717) is 12.1 Å². The van der Waals surface area contributed by atoms with Gasteiger partial charge in [0.2, 0.25) is 0 Å². The molecular formula is C14H19BrClNO. The fraction of sp³-hybridized carbons (Fsp3) is 0.571. The Morgan fingerprint density at radius 1 is 1.50 bits per heavy atom. The summed E-state index contributed by atoms with van der Waals surface area (Å²) < 4.78 is 6.51. The Labute approximate surface area is 122 Å². The lowest BCUT2D eigenvalue weighted by Crippen LogP contribution is -2.60. The van der Waals surface area contributed by atoms with Gasteiger partial charge in [0.05, 0.1) is 6.10 Å². The van der Waals surface area contributed by atoms with Gasteiger partial charge in [-0.25, -0.2) is 0 Å². The first-order chi connectivity index (χ1) is 8.45. The van der Waals surface area contributed by atoms with E-state index < -0.39 is 0 Å². The molecule has 1 aliphatic rings. The highest BCUT2D eigenvalue weighted by atomic mass is 79.9. The first-order valence-electron chi connectivity index (χ1n) is 6.15. The van der Waals surface area contributed by atoms with Gasteiger partial charge in [0.25, 0.3) is 0 Å². The molecule has 0 saturated heterocycles. The van der Waals surface area contributed by atoms with E-state index in [4.69, 9.17) is 16.3 Å². The molecule has 0 radical (unpaired) electrons. The molecule has 2 rings (SSSR count). The van der Waals surface area contributed by atoms with Crippen LogP contribution in [-0.2, 0) is 11.3 Å². The normalized spacial score (nSPS) is 25.8. The molecule has 1 aromatic rings. The van der Waals surface area contributed by atoms with Crippen molar-refractivity contribution in [2.45, 2.75) is 39.0 Å². The number of halogens is 2. The summed E-state index contributed by atoms with van der Waals surface area (Å²) in [5, 5.41) is 4.36. The Bertz CT molecular complexity index is 436. The van der Waals surface area contributed by atoms with Crippen LogP contribution in [0.2, 0.25) is 5.02 Å². The van der Waals surface area contributed by atoms with E-state index in [0.717, 1.165) is 22.5 Å². The van der Waals surface area contributed by atoms with Gasteiger partial charge in [0.15, 0.2) is 0 Å². The molecule has 2 nitrogen and oxygen atoms in total. The molecule has 0 aliphatic heterocycles. The summed E-state index contributed by atoms with van der Waals surface area (Å²) in [6.45, 7) is 5.35. The van der Waals surface area contributed by atoms with Crippen LogP contribution in [0.4, 0.5) is 0 Å². The SMILES string of the molecule is COC1CC(NCc2ccc(Cl)cc2Br)C1(C)C. The van der Waals surface area contributed by atoms with Crippen molar-refractivity contribution < 1.29 is 4.74 Å². The summed E-state index contributed by atoms with van der Waals surface area (Å²) in [7, 11) is 1.79. The van der Waals surface area contributed by atoms with Crippen LogP contribution < -0.4 is 5.32 Å². The molecule has 1 aromatic carbocycles. The molecule has 0 spiro atoms. The second-order valence-corrected chi connectivity index (χ2v) is 6.74. The lowest BCUT2D eigenvalue weighted by Gasteiger charge is -2.51. The van der Waals surface area contributed by atoms with Crippen molar-refractivity contribution in [2.24, 2.45) is 5.41 Å². The molecule has 0 bridgehead atoms. The van der Waals surface area contributed by atoms with Crippen molar-refractivity contribution in [2.75, 3.05) is 7.11 Å². The standard InChI is InChI=1S/C14H19BrClNO/c1-14(2)12(7-13(14)18-3)17-8-9-4-5-10(16)6-11(9)15/h4-6,12-13,17H,7-8H2,1-3H3. The summed E-state index contributed by atoms with van der Waals surface area (Å²) in [6, 6.07) is 6.42. The summed E-state index contributed by atoms with van der Waals surface area (Å²) >= 11 is 9.48. The quantitative estimate of drug-likeness (QED) is 0.899. The molecule has 0 heterocycles. The van der Waals surface area contributed by atoms with Crippen molar-refractivity contribution in [1.29, 1.82) is 0 Å². The Morgan fingerprint density at radius 2 is 2.22 bits per heavy atom. The predicted octanol–water partition coefficient (Wildman–Crippen LogP) is 4.01. The lowest BCUT2D eigenvalue weighted by molar-refractivity contribution is -0.0979. The second kappa shape index (κ2) is 5.49. The topological polar surface area (TPSA) is 21.3 Å². The van der Waals surface area contributed by atoms with Crippen LogP contribution in [-0.4, -0.2) is 19.3 Å². The Balaban J connectivity index is 1.93. The van der Waals surface area contributed by atoms with E-state index in [1.54, 1.807) is 7.11 Å². The smallest absolute Gasteiger partial charge is 0.0652 e. The number of nitrogens with one attached hydrogen (secondary N) is 1. The third-order valence-electron chi connectivity index (χ3n) is 4.02. The highest BCUT2D eigenvalue weighted by molar-refractivity contribution is 9.10. The summed E-state index contributed by atoms with van der Waals surface area (Å²) in [5.41, 5.74) is 1.43. The van der Waals surface area contributed by atoms with Crippen LogP contribution in [0.1, 0.15) is 25.8 Å². The molecular weight excluding hydrogens is 314 g/mol. The largest absolute Gasteiger partial charge is 0.381 e. The van der Waals surface area contributed by atoms with Gasteiger partial charge < -0.3 is 10.1 Å². The number of rotatable bonds is 4. The van der Waals surface area contributed by atoms with Gasteiger partial charge in [0.1, 0.15) is 0 Å². The molecule has 2 unspecified atom stereocenters. The van der Waals surface area contributed by atoms with Gasteiger partial charge in [0, 0.05) is 34.6 Å². The number of hydrogen-bond donors (Lipinski definition) is 1. The average Bonchev–Trinajstić information content (AvgIpc) is 2.30. The zero-order chi connectivity index (χ0) is 13.3. The van der Waals surface area contributed by atoms with E-state index in [1.165, 1.54) is 5.56 Å². The first kappa shape index (κ1) is 14.3. The van der Waals surface area contributed by atoms with E-state index in [-0.39, 0.29) is 5.41 Å². The molecule has 0 aromatic heterocycles. The molecule has 18 heavy (non-hydrogen) atoms. The van der Waals surface area contributed by atoms with Crippen LogP contribution in [0, 0.1) is 5.41 Å². The Morgan fingerprint density at radius 3 is 2.78 bits per heavy atom. The average molecular weight is 333 g/mol. The first-order valence-corrected chi connectivity index (χ1v) is 7.32. The van der Waals surface area contributed by atoms with Crippen molar-refractivity contribution >= 4 is 27.5 Å². The predicted molar refractivity (Wildman–Crippen MR) is 79.0 cm³/mol. The molecule has 0 amide bonds. The summed E-state index contributed by atoms with van der Waals surface area (Å²) in [4.78, 5) is 0. The number of ether oxygens (including phenoxy) is 1. The van der Waals surface area contributed by atoms with Crippen LogP contribution in [0.3, 0.4) is 0 Å². The fourth-order valence-electron chi connectivity index (χ4n) is 2.53. The second-order valence-electron chi connectivity index (χ2n) is 5.45. The molecule has 2 atom stereocenters. The summed E-state index contributed by atoms with van der Waals surface area (Å²) in [5.74, 6) is 0. The lowest BCUT2D eigenvalue weighted by atomic mass is 9.64. The van der Waals surface area contributed by atoms with Gasteiger partial charge in [-0.05, 0) is 24.1 Å². The Hall–Kier alpha value is -0.0900. The van der Waals surface area contributed by atoms with Crippen molar-refractivity contribution in [3.8, 4) is 0 Å². The summed E-state index contributed by atoms with van der Waals surface area (Å²) in [6.07, 6.45) is 1.44. The van der Waals surface area contributed by atoms with Gasteiger partial charge >= 0.3 is 0 Å². The van der Waals surface area contributed by atoms with Gasteiger partial charge in [-0.2, -0.15) is 0 Å². The van der Waals surface area contributed by atoms with Gasteiger partial charge in [-0.3, -0.25) is 0 Å². The van der Waals surface area contributed by atoms with Crippen LogP contribution >= 0.6 is 27.5 Å². The minimum Gasteiger partial charge on any atom is -0.381 e. The van der Waals surface area contributed by atoms with Gasteiger partial charge in [-0.1, -0.05) is 47.4 Å². The monoisotopic (exact) mass is 331 g/mol. The Kier molecular flexibility index (Phi) is 4.37. The zero-order valence-corrected chi connectivity index (χ0v) is 13.3. The minimum atomic E-state index is 0.202. The zero-order valence-electron chi connectivity index (χ0n) is 11.0. The van der Waals surface area contributed by atoms with Crippen LogP contribution in [0.25, 0.3) is 0 Å². The van der Waals surface area contributed by atoms with E-state index in [1.807, 2.05) is 12.1 Å². The molecule has 1 saturated carbocycles. The fourth-order valence-corrected chi connectivity index (χ4v) is 3.35. The molecule has 1 fully saturated rings. The maximum absolute atomic E-state index is 5.93. The maximum atomic E-state index is 5.93. The highest BCUT2D eigenvalue weighted by Gasteiger charge is 2.48. The molecule has 1 aliphatic carbocycles. The van der Waals surface area contributed by atoms with Crippen LogP contribution in [0.5, 0.6) is 0 Å². The van der Waals surface area contributed by atoms with Gasteiger partial charge in [-0.15, -0.1) is 0 Å².